The smallest absolute Gasteiger partial charge is 0.356 e. The Morgan fingerprint density at radius 2 is 2.12 bits per heavy atom. The van der Waals surface area contributed by atoms with Gasteiger partial charge >= 0.3 is 5.97 Å². The van der Waals surface area contributed by atoms with Crippen LogP contribution in [0.25, 0.3) is 0 Å². The van der Waals surface area contributed by atoms with E-state index in [1.165, 1.54) is 5.51 Å². The molecule has 2 N–H and O–H groups in total. The minimum Gasteiger partial charge on any atom is -0.476 e. The molecule has 0 spiro atoms. The van der Waals surface area contributed by atoms with Crippen molar-refractivity contribution in [2.24, 2.45) is 0 Å². The van der Waals surface area contributed by atoms with Gasteiger partial charge in [-0.25, -0.2) is 22.9 Å². The number of nitrogens with one attached hydrogen (secondary N) is 1. The second kappa shape index (κ2) is 5.56. The van der Waals surface area contributed by atoms with Gasteiger partial charge in [0.1, 0.15) is 0 Å². The molecule has 8 heteroatoms. The molecule has 0 aliphatic rings. The van der Waals surface area contributed by atoms with Crippen molar-refractivity contribution < 1.29 is 18.3 Å². The molecule has 0 aromatic carbocycles. The number of rotatable bonds is 6. The molecule has 96 valence electrons. The zero-order valence-corrected chi connectivity index (χ0v) is 11.1. The van der Waals surface area contributed by atoms with Gasteiger partial charge in [-0.2, -0.15) is 0 Å². The summed E-state index contributed by atoms with van der Waals surface area (Å²) in [6.07, 6.45) is 1.30. The van der Waals surface area contributed by atoms with Crippen LogP contribution < -0.4 is 4.72 Å². The van der Waals surface area contributed by atoms with Crippen LogP contribution in [0, 0.1) is 0 Å². The molecule has 0 fully saturated rings. The lowest BCUT2D eigenvalue weighted by molar-refractivity contribution is 0.0687. The molecule has 1 heterocycles. The Hall–Kier alpha value is -0.990. The van der Waals surface area contributed by atoms with Crippen LogP contribution in [0.2, 0.25) is 0 Å². The van der Waals surface area contributed by atoms with Gasteiger partial charge in [0.15, 0.2) is 9.90 Å². The molecule has 1 aromatic heterocycles. The van der Waals surface area contributed by atoms with Gasteiger partial charge in [-0.15, -0.1) is 11.3 Å². The molecule has 1 aromatic rings. The first-order valence-electron chi connectivity index (χ1n) is 5.11. The normalized spacial score (nSPS) is 11.9. The van der Waals surface area contributed by atoms with Crippen molar-refractivity contribution in [2.45, 2.75) is 36.9 Å². The van der Waals surface area contributed by atoms with Crippen LogP contribution in [-0.2, 0) is 10.0 Å². The third kappa shape index (κ3) is 3.24. The summed E-state index contributed by atoms with van der Waals surface area (Å²) in [5.41, 5.74) is 0.790. The predicted octanol–water partition coefficient (Wildman–Crippen LogP) is 1.31. The van der Waals surface area contributed by atoms with Crippen molar-refractivity contribution in [3.63, 3.8) is 0 Å². The highest BCUT2D eigenvalue weighted by Gasteiger charge is 2.27. The van der Waals surface area contributed by atoms with Gasteiger partial charge < -0.3 is 5.11 Å². The number of nitrogens with zero attached hydrogens (tertiary/aromatic N) is 1. The van der Waals surface area contributed by atoms with E-state index in [1.54, 1.807) is 0 Å². The maximum absolute atomic E-state index is 11.9. The third-order valence-electron chi connectivity index (χ3n) is 2.29. The quantitative estimate of drug-likeness (QED) is 0.817. The van der Waals surface area contributed by atoms with E-state index in [4.69, 9.17) is 5.11 Å². The number of aromatic carboxylic acids is 1. The molecular formula is C9H14N2O4S2. The number of aromatic nitrogens is 1. The highest BCUT2D eigenvalue weighted by molar-refractivity contribution is 7.91. The van der Waals surface area contributed by atoms with Crippen LogP contribution in [0.15, 0.2) is 9.72 Å². The number of hydrogen-bond acceptors (Lipinski definition) is 5. The van der Waals surface area contributed by atoms with E-state index in [1.807, 2.05) is 13.8 Å². The fourth-order valence-corrected chi connectivity index (χ4v) is 3.86. The SMILES string of the molecule is CCC(CC)NS(=O)(=O)c1scnc1C(=O)O. The number of carboxylic acid groups (broad SMARTS) is 1. The van der Waals surface area contributed by atoms with Gasteiger partial charge in [-0.1, -0.05) is 13.8 Å². The maximum Gasteiger partial charge on any atom is 0.356 e. The van der Waals surface area contributed by atoms with E-state index in [0.29, 0.717) is 12.8 Å². The fourth-order valence-electron chi connectivity index (χ4n) is 1.30. The summed E-state index contributed by atoms with van der Waals surface area (Å²) < 4.78 is 26.1. The highest BCUT2D eigenvalue weighted by Crippen LogP contribution is 2.20. The van der Waals surface area contributed by atoms with E-state index < -0.39 is 21.7 Å². The fraction of sp³-hybridized carbons (Fsp3) is 0.556. The molecular weight excluding hydrogens is 264 g/mol. The molecule has 0 atom stereocenters. The Balaban J connectivity index is 3.05. The lowest BCUT2D eigenvalue weighted by atomic mass is 10.2. The summed E-state index contributed by atoms with van der Waals surface area (Å²) in [5.74, 6) is -1.34. The number of carbonyl (C=O) groups is 1. The second-order valence-corrected chi connectivity index (χ2v) is 6.19. The highest BCUT2D eigenvalue weighted by atomic mass is 32.2. The van der Waals surface area contributed by atoms with E-state index in [0.717, 1.165) is 11.3 Å². The number of thiazole rings is 1. The van der Waals surface area contributed by atoms with Gasteiger partial charge in [0, 0.05) is 6.04 Å². The first kappa shape index (κ1) is 14.1. The van der Waals surface area contributed by atoms with Gasteiger partial charge in [0.2, 0.25) is 0 Å². The predicted molar refractivity (Wildman–Crippen MR) is 63.8 cm³/mol. The monoisotopic (exact) mass is 278 g/mol. The second-order valence-electron chi connectivity index (χ2n) is 3.43. The zero-order valence-electron chi connectivity index (χ0n) is 9.50. The molecule has 1 rings (SSSR count). The number of hydrogen-bond donors (Lipinski definition) is 2. The Morgan fingerprint density at radius 3 is 2.59 bits per heavy atom. The number of carboxylic acids is 1. The molecule has 0 bridgehead atoms. The standard InChI is InChI=1S/C9H14N2O4S2/c1-3-6(4-2)11-17(14,15)9-7(8(12)13)10-5-16-9/h5-6,11H,3-4H2,1-2H3,(H,12,13). The summed E-state index contributed by atoms with van der Waals surface area (Å²) in [6.45, 7) is 3.73. The van der Waals surface area contributed by atoms with Crippen LogP contribution in [0.3, 0.4) is 0 Å². The van der Waals surface area contributed by atoms with Crippen LogP contribution in [-0.4, -0.2) is 30.5 Å². The summed E-state index contributed by atoms with van der Waals surface area (Å²) in [7, 11) is -3.79. The molecule has 0 radical (unpaired) electrons. The molecule has 6 nitrogen and oxygen atoms in total. The summed E-state index contributed by atoms with van der Waals surface area (Å²) in [5, 5.41) is 8.82. The topological polar surface area (TPSA) is 96.4 Å². The van der Waals surface area contributed by atoms with Gasteiger partial charge in [-0.05, 0) is 12.8 Å². The van der Waals surface area contributed by atoms with E-state index in [2.05, 4.69) is 9.71 Å². The van der Waals surface area contributed by atoms with Crippen molar-refractivity contribution >= 4 is 27.3 Å². The average molecular weight is 278 g/mol. The molecule has 0 unspecified atom stereocenters. The minimum absolute atomic E-state index is 0.191. The van der Waals surface area contributed by atoms with Crippen molar-refractivity contribution in [3.8, 4) is 0 Å². The van der Waals surface area contributed by atoms with Crippen molar-refractivity contribution in [1.29, 1.82) is 0 Å². The molecule has 0 saturated heterocycles. The van der Waals surface area contributed by atoms with Crippen molar-refractivity contribution in [3.05, 3.63) is 11.2 Å². The lowest BCUT2D eigenvalue weighted by Gasteiger charge is -2.13. The summed E-state index contributed by atoms with van der Waals surface area (Å²) in [6, 6.07) is -0.191. The molecule has 0 amide bonds. The first-order chi connectivity index (χ1) is 7.92. The van der Waals surface area contributed by atoms with Crippen LogP contribution in [0.5, 0.6) is 0 Å². The van der Waals surface area contributed by atoms with Gasteiger partial charge in [-0.3, -0.25) is 0 Å². The lowest BCUT2D eigenvalue weighted by Crippen LogP contribution is -2.34. The Bertz CT molecular complexity index is 491. The minimum atomic E-state index is -3.79. The van der Waals surface area contributed by atoms with Crippen molar-refractivity contribution in [1.82, 2.24) is 9.71 Å². The molecule has 17 heavy (non-hydrogen) atoms. The van der Waals surface area contributed by atoms with Crippen LogP contribution in [0.1, 0.15) is 37.2 Å². The van der Waals surface area contributed by atoms with Gasteiger partial charge in [0.05, 0.1) is 5.51 Å². The van der Waals surface area contributed by atoms with E-state index in [-0.39, 0.29) is 10.3 Å². The van der Waals surface area contributed by atoms with E-state index in [9.17, 15) is 13.2 Å². The van der Waals surface area contributed by atoms with E-state index >= 15 is 0 Å². The Morgan fingerprint density at radius 1 is 1.53 bits per heavy atom. The average Bonchev–Trinajstić information content (AvgIpc) is 2.75. The van der Waals surface area contributed by atoms with Crippen molar-refractivity contribution in [2.75, 3.05) is 0 Å². The van der Waals surface area contributed by atoms with Crippen LogP contribution in [0.4, 0.5) is 0 Å². The molecule has 0 aliphatic carbocycles. The maximum atomic E-state index is 11.9. The summed E-state index contributed by atoms with van der Waals surface area (Å²) in [4.78, 5) is 14.3. The Labute approximate surface area is 104 Å². The van der Waals surface area contributed by atoms with Crippen LogP contribution >= 0.6 is 11.3 Å². The largest absolute Gasteiger partial charge is 0.476 e. The molecule has 0 saturated carbocycles. The first-order valence-corrected chi connectivity index (χ1v) is 7.47. The molecule has 0 aliphatic heterocycles. The third-order valence-corrected chi connectivity index (χ3v) is 5.18. The Kier molecular flexibility index (Phi) is 4.61. The number of sulfonamides is 1. The van der Waals surface area contributed by atoms with Gasteiger partial charge in [0.25, 0.3) is 10.0 Å². The summed E-state index contributed by atoms with van der Waals surface area (Å²) >= 11 is 0.805. The zero-order chi connectivity index (χ0) is 13.1.